The summed E-state index contributed by atoms with van der Waals surface area (Å²) in [7, 11) is -3.67. The predicted molar refractivity (Wildman–Crippen MR) is 71.6 cm³/mol. The zero-order valence-corrected chi connectivity index (χ0v) is 12.5. The molecule has 0 atom stereocenters. The fourth-order valence-electron chi connectivity index (χ4n) is 1.47. The molecule has 0 aliphatic heterocycles. The Morgan fingerprint density at radius 3 is 1.82 bits per heavy atom. The minimum absolute atomic E-state index is 0.0365. The summed E-state index contributed by atoms with van der Waals surface area (Å²) in [5, 5.41) is 0.377. The van der Waals surface area contributed by atoms with Crippen LogP contribution in [0.5, 0.6) is 0 Å². The van der Waals surface area contributed by atoms with Crippen LogP contribution in [0.1, 0.15) is 13.8 Å². The van der Waals surface area contributed by atoms with Crippen molar-refractivity contribution in [2.45, 2.75) is 18.7 Å². The fraction of sp³-hybridized carbons (Fsp3) is 0.400. The summed E-state index contributed by atoms with van der Waals surface area (Å²) in [6.45, 7) is 4.21. The van der Waals surface area contributed by atoms with Crippen LogP contribution in [0.4, 0.5) is 0 Å². The Hall–Kier alpha value is -0.000000000000000111. The summed E-state index contributed by atoms with van der Waals surface area (Å²) < 4.78 is 25.8. The standard InChI is InChI=1S/C10H12Cl3NO2S/c1-3-14(4-2)17(15,16)10-8(12)5-7(11)6-9(10)13/h5-6H,3-4H2,1-2H3. The molecule has 1 aromatic rings. The van der Waals surface area contributed by atoms with Crippen molar-refractivity contribution in [2.24, 2.45) is 0 Å². The average Bonchev–Trinajstić information content (AvgIpc) is 2.16. The van der Waals surface area contributed by atoms with Gasteiger partial charge in [0.2, 0.25) is 10.0 Å². The van der Waals surface area contributed by atoms with Gasteiger partial charge in [-0.25, -0.2) is 8.42 Å². The lowest BCUT2D eigenvalue weighted by Crippen LogP contribution is -2.31. The molecule has 0 bridgehead atoms. The Morgan fingerprint density at radius 1 is 1.06 bits per heavy atom. The molecule has 17 heavy (non-hydrogen) atoms. The number of nitrogens with zero attached hydrogens (tertiary/aromatic N) is 1. The minimum Gasteiger partial charge on any atom is -0.207 e. The molecule has 0 fully saturated rings. The van der Waals surface area contributed by atoms with Crippen LogP contribution >= 0.6 is 34.8 Å². The Morgan fingerprint density at radius 2 is 1.47 bits per heavy atom. The van der Waals surface area contributed by atoms with E-state index in [1.807, 2.05) is 0 Å². The van der Waals surface area contributed by atoms with Gasteiger partial charge in [0, 0.05) is 18.1 Å². The lowest BCUT2D eigenvalue weighted by atomic mass is 10.4. The Bertz CT molecular complexity index is 489. The van der Waals surface area contributed by atoms with E-state index in [2.05, 4.69) is 0 Å². The third kappa shape index (κ3) is 3.06. The van der Waals surface area contributed by atoms with Gasteiger partial charge in [0.25, 0.3) is 0 Å². The molecule has 0 saturated heterocycles. The molecular weight excluding hydrogens is 305 g/mol. The fourth-order valence-corrected chi connectivity index (χ4v) is 4.42. The van der Waals surface area contributed by atoms with Gasteiger partial charge in [0.1, 0.15) is 4.90 Å². The summed E-state index contributed by atoms with van der Waals surface area (Å²) in [5.41, 5.74) is 0. The second-order valence-corrected chi connectivity index (χ2v) is 6.41. The second-order valence-electron chi connectivity index (χ2n) is 3.29. The second kappa shape index (κ2) is 5.76. The van der Waals surface area contributed by atoms with Crippen LogP contribution in [0.15, 0.2) is 17.0 Å². The number of halogens is 3. The SMILES string of the molecule is CCN(CC)S(=O)(=O)c1c(Cl)cc(Cl)cc1Cl. The molecule has 0 aliphatic rings. The molecule has 0 unspecified atom stereocenters. The molecule has 0 aliphatic carbocycles. The molecule has 0 spiro atoms. The van der Waals surface area contributed by atoms with Gasteiger partial charge in [-0.1, -0.05) is 48.7 Å². The van der Waals surface area contributed by atoms with Gasteiger partial charge in [-0.05, 0) is 12.1 Å². The van der Waals surface area contributed by atoms with Crippen molar-refractivity contribution in [2.75, 3.05) is 13.1 Å². The number of hydrogen-bond donors (Lipinski definition) is 0. The average molecular weight is 317 g/mol. The van der Waals surface area contributed by atoms with Crippen molar-refractivity contribution in [1.29, 1.82) is 0 Å². The third-order valence-electron chi connectivity index (χ3n) is 2.27. The van der Waals surface area contributed by atoms with E-state index in [4.69, 9.17) is 34.8 Å². The zero-order chi connectivity index (χ0) is 13.2. The van der Waals surface area contributed by atoms with Gasteiger partial charge in [-0.3, -0.25) is 0 Å². The topological polar surface area (TPSA) is 37.4 Å². The molecule has 0 radical (unpaired) electrons. The first kappa shape index (κ1) is 15.1. The van der Waals surface area contributed by atoms with Gasteiger partial charge in [-0.2, -0.15) is 4.31 Å². The molecule has 3 nitrogen and oxygen atoms in total. The van der Waals surface area contributed by atoms with Crippen LogP contribution in [-0.2, 0) is 10.0 Å². The molecular formula is C10H12Cl3NO2S. The molecule has 0 saturated carbocycles. The van der Waals surface area contributed by atoms with Crippen molar-refractivity contribution in [3.63, 3.8) is 0 Å². The first-order valence-electron chi connectivity index (χ1n) is 4.99. The Labute approximate surface area is 116 Å². The summed E-state index contributed by atoms with van der Waals surface area (Å²) in [6.07, 6.45) is 0. The van der Waals surface area contributed by atoms with E-state index in [1.54, 1.807) is 13.8 Å². The largest absolute Gasteiger partial charge is 0.246 e. The highest BCUT2D eigenvalue weighted by Crippen LogP contribution is 2.34. The van der Waals surface area contributed by atoms with E-state index in [0.717, 1.165) is 0 Å². The van der Waals surface area contributed by atoms with Crippen LogP contribution in [0.2, 0.25) is 15.1 Å². The number of benzene rings is 1. The highest BCUT2D eigenvalue weighted by Gasteiger charge is 2.27. The number of sulfonamides is 1. The minimum atomic E-state index is -3.67. The first-order valence-corrected chi connectivity index (χ1v) is 7.56. The number of hydrogen-bond acceptors (Lipinski definition) is 2. The lowest BCUT2D eigenvalue weighted by molar-refractivity contribution is 0.445. The van der Waals surface area contributed by atoms with Crippen LogP contribution in [0.3, 0.4) is 0 Å². The summed E-state index contributed by atoms with van der Waals surface area (Å²) >= 11 is 17.5. The lowest BCUT2D eigenvalue weighted by Gasteiger charge is -2.20. The van der Waals surface area contributed by atoms with Gasteiger partial charge in [-0.15, -0.1) is 0 Å². The van der Waals surface area contributed by atoms with E-state index in [9.17, 15) is 8.42 Å². The maximum Gasteiger partial charge on any atom is 0.246 e. The van der Waals surface area contributed by atoms with Crippen molar-refractivity contribution in [1.82, 2.24) is 4.31 Å². The van der Waals surface area contributed by atoms with E-state index >= 15 is 0 Å². The highest BCUT2D eigenvalue weighted by atomic mass is 35.5. The van der Waals surface area contributed by atoms with Gasteiger partial charge in [0.05, 0.1) is 10.0 Å². The van der Waals surface area contributed by atoms with E-state index in [0.29, 0.717) is 18.1 Å². The maximum atomic E-state index is 12.3. The molecule has 0 amide bonds. The third-order valence-corrected chi connectivity index (χ3v) is 5.46. The van der Waals surface area contributed by atoms with Crippen molar-refractivity contribution >= 4 is 44.8 Å². The smallest absolute Gasteiger partial charge is 0.207 e. The summed E-state index contributed by atoms with van der Waals surface area (Å²) in [5.74, 6) is 0. The monoisotopic (exact) mass is 315 g/mol. The van der Waals surface area contributed by atoms with Crippen LogP contribution in [0.25, 0.3) is 0 Å². The molecule has 1 aromatic carbocycles. The molecule has 7 heteroatoms. The first-order chi connectivity index (χ1) is 7.84. The molecule has 96 valence electrons. The van der Waals surface area contributed by atoms with E-state index < -0.39 is 10.0 Å². The quantitative estimate of drug-likeness (QED) is 0.850. The summed E-state index contributed by atoms with van der Waals surface area (Å²) in [4.78, 5) is -0.0890. The van der Waals surface area contributed by atoms with Crippen molar-refractivity contribution < 1.29 is 8.42 Å². The zero-order valence-electron chi connectivity index (χ0n) is 9.37. The van der Waals surface area contributed by atoms with Gasteiger partial charge in [0.15, 0.2) is 0 Å². The van der Waals surface area contributed by atoms with Crippen LogP contribution in [-0.4, -0.2) is 25.8 Å². The van der Waals surface area contributed by atoms with Gasteiger partial charge < -0.3 is 0 Å². The van der Waals surface area contributed by atoms with Gasteiger partial charge >= 0.3 is 0 Å². The Balaban J connectivity index is 3.44. The molecule has 0 heterocycles. The molecule has 0 aromatic heterocycles. The van der Waals surface area contributed by atoms with Crippen LogP contribution < -0.4 is 0 Å². The maximum absolute atomic E-state index is 12.3. The molecule has 0 N–H and O–H groups in total. The van der Waals surface area contributed by atoms with E-state index in [-0.39, 0.29) is 14.9 Å². The summed E-state index contributed by atoms with van der Waals surface area (Å²) in [6, 6.07) is 2.73. The Kier molecular flexibility index (Phi) is 5.10. The predicted octanol–water partition coefficient (Wildman–Crippen LogP) is 3.68. The number of rotatable bonds is 4. The van der Waals surface area contributed by atoms with E-state index in [1.165, 1.54) is 16.4 Å². The normalized spacial score (nSPS) is 12.1. The van der Waals surface area contributed by atoms with Crippen molar-refractivity contribution in [3.8, 4) is 0 Å². The van der Waals surface area contributed by atoms with Crippen LogP contribution in [0, 0.1) is 0 Å². The highest BCUT2D eigenvalue weighted by molar-refractivity contribution is 7.89. The molecule has 1 rings (SSSR count). The van der Waals surface area contributed by atoms with Crippen molar-refractivity contribution in [3.05, 3.63) is 27.2 Å².